The first kappa shape index (κ1) is 10.7. The molecule has 0 spiro atoms. The van der Waals surface area contributed by atoms with Crippen molar-refractivity contribution in [2.24, 2.45) is 5.73 Å². The molecule has 1 aromatic rings. The molecule has 1 aliphatic carbocycles. The zero-order valence-corrected chi connectivity index (χ0v) is 9.78. The lowest BCUT2D eigenvalue weighted by Gasteiger charge is -2.28. The standard InChI is InChI=1S/C13H17NO3/c14-8-13(5-1-2-6-13)17-10-3-4-11-12(7-10)16-9-15-11/h3-4,7H,1-2,5-6,8-9,14H2. The summed E-state index contributed by atoms with van der Waals surface area (Å²) in [6.45, 7) is 0.863. The highest BCUT2D eigenvalue weighted by Gasteiger charge is 2.34. The molecular formula is C13H17NO3. The predicted molar refractivity (Wildman–Crippen MR) is 63.4 cm³/mol. The third-order valence-electron chi connectivity index (χ3n) is 3.57. The highest BCUT2D eigenvalue weighted by Crippen LogP contribution is 2.39. The van der Waals surface area contributed by atoms with E-state index in [0.29, 0.717) is 13.3 Å². The topological polar surface area (TPSA) is 53.7 Å². The first-order valence-electron chi connectivity index (χ1n) is 6.10. The van der Waals surface area contributed by atoms with E-state index in [1.807, 2.05) is 18.2 Å². The van der Waals surface area contributed by atoms with Gasteiger partial charge in [0.15, 0.2) is 11.5 Å². The van der Waals surface area contributed by atoms with Crippen LogP contribution in [0, 0.1) is 0 Å². The zero-order valence-electron chi connectivity index (χ0n) is 9.78. The van der Waals surface area contributed by atoms with E-state index in [2.05, 4.69) is 0 Å². The van der Waals surface area contributed by atoms with Gasteiger partial charge in [-0.25, -0.2) is 0 Å². The number of ether oxygens (including phenoxy) is 3. The molecule has 0 bridgehead atoms. The minimum atomic E-state index is -0.173. The van der Waals surface area contributed by atoms with E-state index in [4.69, 9.17) is 19.9 Å². The smallest absolute Gasteiger partial charge is 0.231 e. The van der Waals surface area contributed by atoms with Crippen LogP contribution in [0.3, 0.4) is 0 Å². The molecule has 0 unspecified atom stereocenters. The lowest BCUT2D eigenvalue weighted by Crippen LogP contribution is -2.40. The first-order chi connectivity index (χ1) is 8.31. The SMILES string of the molecule is NCC1(Oc2ccc3c(c2)OCO3)CCCC1. The van der Waals surface area contributed by atoms with Gasteiger partial charge < -0.3 is 19.9 Å². The molecule has 2 aliphatic rings. The van der Waals surface area contributed by atoms with E-state index in [-0.39, 0.29) is 5.60 Å². The van der Waals surface area contributed by atoms with Crippen molar-refractivity contribution in [3.63, 3.8) is 0 Å². The Morgan fingerprint density at radius 3 is 2.71 bits per heavy atom. The molecule has 0 aromatic heterocycles. The van der Waals surface area contributed by atoms with Crippen molar-refractivity contribution in [1.82, 2.24) is 0 Å². The lowest BCUT2D eigenvalue weighted by atomic mass is 10.0. The maximum absolute atomic E-state index is 6.08. The number of fused-ring (bicyclic) bond motifs is 1. The van der Waals surface area contributed by atoms with Crippen LogP contribution in [-0.2, 0) is 0 Å². The van der Waals surface area contributed by atoms with Gasteiger partial charge in [-0.2, -0.15) is 0 Å². The fourth-order valence-corrected chi connectivity index (χ4v) is 2.56. The molecule has 0 amide bonds. The van der Waals surface area contributed by atoms with Crippen molar-refractivity contribution in [3.05, 3.63) is 18.2 Å². The second kappa shape index (κ2) is 4.11. The summed E-state index contributed by atoms with van der Waals surface area (Å²) in [4.78, 5) is 0. The van der Waals surface area contributed by atoms with Gasteiger partial charge in [0.25, 0.3) is 0 Å². The number of nitrogens with two attached hydrogens (primary N) is 1. The van der Waals surface area contributed by atoms with Crippen molar-refractivity contribution in [3.8, 4) is 17.2 Å². The summed E-state index contributed by atoms with van der Waals surface area (Å²) in [7, 11) is 0. The van der Waals surface area contributed by atoms with Crippen molar-refractivity contribution in [2.75, 3.05) is 13.3 Å². The molecular weight excluding hydrogens is 218 g/mol. The van der Waals surface area contributed by atoms with Crippen LogP contribution in [0.25, 0.3) is 0 Å². The summed E-state index contributed by atoms with van der Waals surface area (Å²) in [5, 5.41) is 0. The molecule has 0 atom stereocenters. The zero-order chi connectivity index (χ0) is 11.7. The van der Waals surface area contributed by atoms with Gasteiger partial charge >= 0.3 is 0 Å². The maximum atomic E-state index is 6.08. The van der Waals surface area contributed by atoms with E-state index in [1.165, 1.54) is 12.8 Å². The van der Waals surface area contributed by atoms with E-state index < -0.39 is 0 Å². The van der Waals surface area contributed by atoms with E-state index in [9.17, 15) is 0 Å². The molecule has 1 aromatic carbocycles. The predicted octanol–water partition coefficient (Wildman–Crippen LogP) is 2.07. The monoisotopic (exact) mass is 235 g/mol. The Morgan fingerprint density at radius 1 is 1.18 bits per heavy atom. The lowest BCUT2D eigenvalue weighted by molar-refractivity contribution is 0.0850. The fourth-order valence-electron chi connectivity index (χ4n) is 2.56. The summed E-state index contributed by atoms with van der Waals surface area (Å²) in [5.74, 6) is 2.36. The number of hydrogen-bond acceptors (Lipinski definition) is 4. The molecule has 17 heavy (non-hydrogen) atoms. The van der Waals surface area contributed by atoms with Gasteiger partial charge in [-0.15, -0.1) is 0 Å². The average molecular weight is 235 g/mol. The van der Waals surface area contributed by atoms with Gasteiger partial charge in [0, 0.05) is 12.6 Å². The van der Waals surface area contributed by atoms with Crippen molar-refractivity contribution in [1.29, 1.82) is 0 Å². The highest BCUT2D eigenvalue weighted by atomic mass is 16.7. The average Bonchev–Trinajstić information content (AvgIpc) is 2.97. The molecule has 1 saturated carbocycles. The van der Waals surface area contributed by atoms with Gasteiger partial charge in [-0.1, -0.05) is 0 Å². The van der Waals surface area contributed by atoms with Crippen molar-refractivity contribution >= 4 is 0 Å². The first-order valence-corrected chi connectivity index (χ1v) is 6.10. The van der Waals surface area contributed by atoms with Crippen molar-refractivity contribution < 1.29 is 14.2 Å². The Bertz CT molecular complexity index is 413. The Hall–Kier alpha value is -1.42. The molecule has 4 heteroatoms. The molecule has 3 rings (SSSR count). The second-order valence-corrected chi connectivity index (χ2v) is 4.71. The summed E-state index contributed by atoms with van der Waals surface area (Å²) in [6, 6.07) is 5.69. The fraction of sp³-hybridized carbons (Fsp3) is 0.538. The van der Waals surface area contributed by atoms with Crippen LogP contribution in [-0.4, -0.2) is 18.9 Å². The number of rotatable bonds is 3. The van der Waals surface area contributed by atoms with Crippen LogP contribution < -0.4 is 19.9 Å². The molecule has 4 nitrogen and oxygen atoms in total. The normalized spacial score (nSPS) is 20.5. The molecule has 2 N–H and O–H groups in total. The summed E-state index contributed by atoms with van der Waals surface area (Å²) in [5.41, 5.74) is 5.68. The third-order valence-corrected chi connectivity index (χ3v) is 3.57. The quantitative estimate of drug-likeness (QED) is 0.871. The molecule has 0 saturated heterocycles. The Labute approximate surface area is 101 Å². The largest absolute Gasteiger partial charge is 0.486 e. The van der Waals surface area contributed by atoms with Crippen LogP contribution in [0.4, 0.5) is 0 Å². The molecule has 0 radical (unpaired) electrons. The molecule has 1 aliphatic heterocycles. The summed E-state index contributed by atoms with van der Waals surface area (Å²) < 4.78 is 16.7. The number of hydrogen-bond donors (Lipinski definition) is 1. The highest BCUT2D eigenvalue weighted by molar-refractivity contribution is 5.47. The summed E-state index contributed by atoms with van der Waals surface area (Å²) >= 11 is 0. The Balaban J connectivity index is 1.80. The summed E-state index contributed by atoms with van der Waals surface area (Å²) in [6.07, 6.45) is 4.47. The van der Waals surface area contributed by atoms with Gasteiger partial charge in [-0.3, -0.25) is 0 Å². The molecule has 1 fully saturated rings. The van der Waals surface area contributed by atoms with Gasteiger partial charge in [-0.05, 0) is 37.8 Å². The van der Waals surface area contributed by atoms with Crippen LogP contribution >= 0.6 is 0 Å². The van der Waals surface area contributed by atoms with Gasteiger partial charge in [0.2, 0.25) is 6.79 Å². The van der Waals surface area contributed by atoms with Crippen LogP contribution in [0.2, 0.25) is 0 Å². The number of benzene rings is 1. The van der Waals surface area contributed by atoms with Gasteiger partial charge in [0.1, 0.15) is 11.4 Å². The third kappa shape index (κ3) is 1.93. The maximum Gasteiger partial charge on any atom is 0.231 e. The minimum absolute atomic E-state index is 0.173. The van der Waals surface area contributed by atoms with Crippen molar-refractivity contribution in [2.45, 2.75) is 31.3 Å². The van der Waals surface area contributed by atoms with Gasteiger partial charge in [0.05, 0.1) is 0 Å². The van der Waals surface area contributed by atoms with Crippen LogP contribution in [0.1, 0.15) is 25.7 Å². The second-order valence-electron chi connectivity index (χ2n) is 4.71. The van der Waals surface area contributed by atoms with E-state index in [1.54, 1.807) is 0 Å². The van der Waals surface area contributed by atoms with Crippen LogP contribution in [0.15, 0.2) is 18.2 Å². The van der Waals surface area contributed by atoms with Crippen LogP contribution in [0.5, 0.6) is 17.2 Å². The molecule has 1 heterocycles. The Morgan fingerprint density at radius 2 is 1.94 bits per heavy atom. The van der Waals surface area contributed by atoms with E-state index >= 15 is 0 Å². The van der Waals surface area contributed by atoms with E-state index in [0.717, 1.165) is 30.1 Å². The Kier molecular flexibility index (Phi) is 2.59. The minimum Gasteiger partial charge on any atom is -0.486 e. The molecule has 92 valence electrons.